The van der Waals surface area contributed by atoms with Crippen molar-refractivity contribution in [2.24, 2.45) is 0 Å². The second-order valence-corrected chi connectivity index (χ2v) is 5.62. The number of ether oxygens (including phenoxy) is 1. The molecule has 106 valence electrons. The van der Waals surface area contributed by atoms with Gasteiger partial charge >= 0.3 is 0 Å². The highest BCUT2D eigenvalue weighted by atomic mass is 79.9. The van der Waals surface area contributed by atoms with Crippen LogP contribution in [-0.2, 0) is 0 Å². The number of phenols is 1. The monoisotopic (exact) mass is 335 g/mol. The first-order chi connectivity index (χ1) is 9.51. The van der Waals surface area contributed by atoms with Crippen molar-refractivity contribution in [2.45, 2.75) is 19.9 Å². The minimum Gasteiger partial charge on any atom is -0.508 e. The summed E-state index contributed by atoms with van der Waals surface area (Å²) >= 11 is 3.50. The summed E-state index contributed by atoms with van der Waals surface area (Å²) in [6.45, 7) is 3.98. The molecular formula is C16H18BrNO2. The zero-order valence-electron chi connectivity index (χ0n) is 11.8. The smallest absolute Gasteiger partial charge is 0.133 e. The van der Waals surface area contributed by atoms with Gasteiger partial charge in [0.1, 0.15) is 11.5 Å². The van der Waals surface area contributed by atoms with Crippen molar-refractivity contribution < 1.29 is 9.84 Å². The van der Waals surface area contributed by atoms with Crippen LogP contribution in [0.2, 0.25) is 0 Å². The zero-order valence-corrected chi connectivity index (χ0v) is 13.4. The van der Waals surface area contributed by atoms with Crippen LogP contribution in [0.5, 0.6) is 11.5 Å². The molecule has 0 aromatic heterocycles. The van der Waals surface area contributed by atoms with Crippen molar-refractivity contribution in [3.05, 3.63) is 52.0 Å². The number of benzene rings is 2. The molecule has 2 aromatic rings. The fraction of sp³-hybridized carbons (Fsp3) is 0.250. The van der Waals surface area contributed by atoms with E-state index in [4.69, 9.17) is 4.74 Å². The van der Waals surface area contributed by atoms with Crippen molar-refractivity contribution in [3.8, 4) is 11.5 Å². The van der Waals surface area contributed by atoms with Gasteiger partial charge < -0.3 is 15.2 Å². The molecular weight excluding hydrogens is 318 g/mol. The predicted molar refractivity (Wildman–Crippen MR) is 85.6 cm³/mol. The summed E-state index contributed by atoms with van der Waals surface area (Å²) in [7, 11) is 1.65. The second-order valence-electron chi connectivity index (χ2n) is 4.76. The van der Waals surface area contributed by atoms with Crippen molar-refractivity contribution in [1.29, 1.82) is 0 Å². The Labute approximate surface area is 127 Å². The van der Waals surface area contributed by atoms with Gasteiger partial charge in [0, 0.05) is 11.7 Å². The lowest BCUT2D eigenvalue weighted by Crippen LogP contribution is -2.06. The summed E-state index contributed by atoms with van der Waals surface area (Å²) in [5.41, 5.74) is 3.00. The SMILES string of the molecule is COc1ccc(C(C)Nc2ccc(O)c(C)c2)cc1Br. The second kappa shape index (κ2) is 6.18. The van der Waals surface area contributed by atoms with Gasteiger partial charge in [0.2, 0.25) is 0 Å². The quantitative estimate of drug-likeness (QED) is 0.799. The molecule has 2 N–H and O–H groups in total. The Morgan fingerprint density at radius 3 is 2.55 bits per heavy atom. The number of methoxy groups -OCH3 is 1. The fourth-order valence-corrected chi connectivity index (χ4v) is 2.59. The van der Waals surface area contributed by atoms with Crippen molar-refractivity contribution in [2.75, 3.05) is 12.4 Å². The van der Waals surface area contributed by atoms with Crippen molar-refractivity contribution >= 4 is 21.6 Å². The Morgan fingerprint density at radius 1 is 1.20 bits per heavy atom. The molecule has 0 radical (unpaired) electrons. The maximum absolute atomic E-state index is 9.54. The lowest BCUT2D eigenvalue weighted by atomic mass is 10.1. The molecule has 2 aromatic carbocycles. The predicted octanol–water partition coefficient (Wildman–Crippen LogP) is 4.64. The van der Waals surface area contributed by atoms with E-state index in [1.54, 1.807) is 13.2 Å². The van der Waals surface area contributed by atoms with Crippen LogP contribution < -0.4 is 10.1 Å². The normalized spacial score (nSPS) is 12.0. The van der Waals surface area contributed by atoms with E-state index in [0.717, 1.165) is 27.0 Å². The molecule has 0 heterocycles. The third kappa shape index (κ3) is 3.25. The van der Waals surface area contributed by atoms with Crippen LogP contribution in [0.25, 0.3) is 0 Å². The average Bonchev–Trinajstić information content (AvgIpc) is 2.42. The number of nitrogens with one attached hydrogen (secondary N) is 1. The molecule has 20 heavy (non-hydrogen) atoms. The van der Waals surface area contributed by atoms with Gasteiger partial charge in [-0.25, -0.2) is 0 Å². The Kier molecular flexibility index (Phi) is 4.55. The van der Waals surface area contributed by atoms with Crippen LogP contribution in [0, 0.1) is 6.92 Å². The molecule has 2 rings (SSSR count). The highest BCUT2D eigenvalue weighted by Gasteiger charge is 2.09. The van der Waals surface area contributed by atoms with E-state index >= 15 is 0 Å². The minimum absolute atomic E-state index is 0.154. The average molecular weight is 336 g/mol. The third-order valence-corrected chi connectivity index (χ3v) is 3.88. The van der Waals surface area contributed by atoms with Crippen LogP contribution in [0.15, 0.2) is 40.9 Å². The Morgan fingerprint density at radius 2 is 1.95 bits per heavy atom. The summed E-state index contributed by atoms with van der Waals surface area (Å²) in [6.07, 6.45) is 0. The molecule has 0 spiro atoms. The molecule has 0 bridgehead atoms. The molecule has 4 heteroatoms. The molecule has 1 atom stereocenters. The lowest BCUT2D eigenvalue weighted by molar-refractivity contribution is 0.412. The summed E-state index contributed by atoms with van der Waals surface area (Å²) < 4.78 is 6.17. The molecule has 0 saturated heterocycles. The van der Waals surface area contributed by atoms with E-state index < -0.39 is 0 Å². The van der Waals surface area contributed by atoms with E-state index in [0.29, 0.717) is 5.75 Å². The number of anilines is 1. The third-order valence-electron chi connectivity index (χ3n) is 3.26. The Bertz CT molecular complexity index is 613. The van der Waals surface area contributed by atoms with Gasteiger partial charge in [-0.15, -0.1) is 0 Å². The number of aromatic hydroxyl groups is 1. The molecule has 1 unspecified atom stereocenters. The first-order valence-corrected chi connectivity index (χ1v) is 7.20. The van der Waals surface area contributed by atoms with E-state index in [-0.39, 0.29) is 6.04 Å². The number of hydrogen-bond acceptors (Lipinski definition) is 3. The maximum atomic E-state index is 9.54. The number of rotatable bonds is 4. The molecule has 0 fully saturated rings. The van der Waals surface area contributed by atoms with Crippen molar-refractivity contribution in [3.63, 3.8) is 0 Å². The van der Waals surface area contributed by atoms with E-state index in [9.17, 15) is 5.11 Å². The number of hydrogen-bond donors (Lipinski definition) is 2. The molecule has 0 saturated carbocycles. The van der Waals surface area contributed by atoms with Gasteiger partial charge in [0.15, 0.2) is 0 Å². The Hall–Kier alpha value is -1.68. The van der Waals surface area contributed by atoms with E-state index in [2.05, 4.69) is 28.2 Å². The van der Waals surface area contributed by atoms with Gasteiger partial charge in [-0.3, -0.25) is 0 Å². The van der Waals surface area contributed by atoms with Gasteiger partial charge in [0.05, 0.1) is 11.6 Å². The molecule has 0 aliphatic carbocycles. The van der Waals surface area contributed by atoms with Crippen molar-refractivity contribution in [1.82, 2.24) is 0 Å². The molecule has 0 amide bonds. The van der Waals surface area contributed by atoms with Crippen LogP contribution in [-0.4, -0.2) is 12.2 Å². The van der Waals surface area contributed by atoms with E-state index in [1.807, 2.05) is 37.3 Å². The first-order valence-electron chi connectivity index (χ1n) is 6.41. The molecule has 3 nitrogen and oxygen atoms in total. The van der Waals surface area contributed by atoms with Gasteiger partial charge in [0.25, 0.3) is 0 Å². The molecule has 0 aliphatic heterocycles. The fourth-order valence-electron chi connectivity index (χ4n) is 2.03. The maximum Gasteiger partial charge on any atom is 0.133 e. The molecule has 0 aliphatic rings. The van der Waals surface area contributed by atoms with Crippen LogP contribution >= 0.6 is 15.9 Å². The first kappa shape index (κ1) is 14.7. The summed E-state index contributed by atoms with van der Waals surface area (Å²) in [5, 5.41) is 13.0. The minimum atomic E-state index is 0.154. The topological polar surface area (TPSA) is 41.5 Å². The van der Waals surface area contributed by atoms with Gasteiger partial charge in [-0.1, -0.05) is 6.07 Å². The largest absolute Gasteiger partial charge is 0.508 e. The number of phenolic OH excluding ortho intramolecular Hbond substituents is 1. The van der Waals surface area contributed by atoms with Gasteiger partial charge in [-0.05, 0) is 71.2 Å². The summed E-state index contributed by atoms with van der Waals surface area (Å²) in [6, 6.07) is 11.7. The zero-order chi connectivity index (χ0) is 14.7. The number of halogens is 1. The summed E-state index contributed by atoms with van der Waals surface area (Å²) in [4.78, 5) is 0. The highest BCUT2D eigenvalue weighted by molar-refractivity contribution is 9.10. The van der Waals surface area contributed by atoms with Crippen LogP contribution in [0.1, 0.15) is 24.1 Å². The van der Waals surface area contributed by atoms with Gasteiger partial charge in [-0.2, -0.15) is 0 Å². The standard InChI is InChI=1S/C16H18BrNO2/c1-10-8-13(5-6-15(10)19)18-11(2)12-4-7-16(20-3)14(17)9-12/h4-9,11,18-19H,1-3H3. The Balaban J connectivity index is 2.17. The summed E-state index contributed by atoms with van der Waals surface area (Å²) in [5.74, 6) is 1.14. The highest BCUT2D eigenvalue weighted by Crippen LogP contribution is 2.30. The lowest BCUT2D eigenvalue weighted by Gasteiger charge is -2.17. The van der Waals surface area contributed by atoms with E-state index in [1.165, 1.54) is 0 Å². The van der Waals surface area contributed by atoms with Crippen LogP contribution in [0.3, 0.4) is 0 Å². The number of aryl methyl sites for hydroxylation is 1. The van der Waals surface area contributed by atoms with Crippen LogP contribution in [0.4, 0.5) is 5.69 Å².